The average Bonchev–Trinajstić information content (AvgIpc) is 3.15. The van der Waals surface area contributed by atoms with Gasteiger partial charge in [0.1, 0.15) is 5.52 Å². The van der Waals surface area contributed by atoms with E-state index in [0.29, 0.717) is 12.3 Å². The van der Waals surface area contributed by atoms with Gasteiger partial charge in [0.2, 0.25) is 5.91 Å². The minimum absolute atomic E-state index is 0.160. The van der Waals surface area contributed by atoms with E-state index in [0.717, 1.165) is 34.3 Å². The van der Waals surface area contributed by atoms with Crippen LogP contribution in [-0.2, 0) is 17.6 Å². The lowest BCUT2D eigenvalue weighted by Crippen LogP contribution is -2.07. The molecule has 0 bridgehead atoms. The molecule has 1 heterocycles. The second-order valence-corrected chi connectivity index (χ2v) is 6.87. The molecule has 0 unspecified atom stereocenters. The summed E-state index contributed by atoms with van der Waals surface area (Å²) in [6.45, 7) is 2.12. The maximum atomic E-state index is 12.1. The fourth-order valence-corrected chi connectivity index (χ4v) is 3.12. The first kappa shape index (κ1) is 18.7. The first-order valence-electron chi connectivity index (χ1n) is 9.71. The lowest BCUT2D eigenvalue weighted by molar-refractivity contribution is -0.111. The van der Waals surface area contributed by atoms with Crippen molar-refractivity contribution in [1.29, 1.82) is 0 Å². The maximum Gasteiger partial charge on any atom is 0.248 e. The van der Waals surface area contributed by atoms with Crippen molar-refractivity contribution < 1.29 is 9.21 Å². The van der Waals surface area contributed by atoms with E-state index in [4.69, 9.17) is 4.42 Å². The minimum Gasteiger partial charge on any atom is -0.440 e. The summed E-state index contributed by atoms with van der Waals surface area (Å²) in [5.41, 5.74) is 5.77. The van der Waals surface area contributed by atoms with Gasteiger partial charge in [-0.1, -0.05) is 55.5 Å². The Hall–Kier alpha value is -3.66. The van der Waals surface area contributed by atoms with Crippen LogP contribution in [0.1, 0.15) is 29.5 Å². The van der Waals surface area contributed by atoms with Gasteiger partial charge < -0.3 is 9.73 Å². The molecule has 0 aliphatic heterocycles. The van der Waals surface area contributed by atoms with Gasteiger partial charge in [-0.05, 0) is 53.5 Å². The van der Waals surface area contributed by atoms with Gasteiger partial charge in [0.15, 0.2) is 11.5 Å². The third-order valence-electron chi connectivity index (χ3n) is 4.71. The Bertz CT molecular complexity index is 1140. The number of fused-ring (bicyclic) bond motifs is 1. The van der Waals surface area contributed by atoms with Crippen molar-refractivity contribution in [2.75, 3.05) is 5.32 Å². The van der Waals surface area contributed by atoms with Crippen LogP contribution in [0.4, 0.5) is 5.69 Å². The number of carbonyl (C=O) groups excluding carboxylic acids is 1. The molecule has 0 aliphatic rings. The summed E-state index contributed by atoms with van der Waals surface area (Å²) in [5.74, 6) is 0.531. The molecule has 29 heavy (non-hydrogen) atoms. The van der Waals surface area contributed by atoms with Crippen LogP contribution in [0, 0.1) is 0 Å². The van der Waals surface area contributed by atoms with Crippen molar-refractivity contribution in [3.63, 3.8) is 0 Å². The van der Waals surface area contributed by atoms with E-state index in [9.17, 15) is 4.79 Å². The normalized spacial score (nSPS) is 11.2. The predicted molar refractivity (Wildman–Crippen MR) is 117 cm³/mol. The average molecular weight is 382 g/mol. The number of nitrogens with one attached hydrogen (secondary N) is 1. The number of benzene rings is 3. The van der Waals surface area contributed by atoms with Crippen molar-refractivity contribution >= 4 is 28.8 Å². The van der Waals surface area contributed by atoms with Gasteiger partial charge in [-0.3, -0.25) is 4.79 Å². The fourth-order valence-electron chi connectivity index (χ4n) is 3.12. The molecule has 4 aromatic rings. The van der Waals surface area contributed by atoms with Gasteiger partial charge in [0, 0.05) is 18.2 Å². The highest BCUT2D eigenvalue weighted by Crippen LogP contribution is 2.20. The Morgan fingerprint density at radius 3 is 2.52 bits per heavy atom. The molecule has 4 nitrogen and oxygen atoms in total. The van der Waals surface area contributed by atoms with Crippen LogP contribution in [0.25, 0.3) is 17.2 Å². The second kappa shape index (κ2) is 8.57. The van der Waals surface area contributed by atoms with E-state index in [2.05, 4.69) is 29.4 Å². The zero-order chi connectivity index (χ0) is 20.1. The highest BCUT2D eigenvalue weighted by Gasteiger charge is 2.08. The van der Waals surface area contributed by atoms with Crippen LogP contribution in [0.5, 0.6) is 0 Å². The molecular formula is C25H22N2O2. The van der Waals surface area contributed by atoms with Gasteiger partial charge in [0.05, 0.1) is 0 Å². The number of anilines is 1. The summed E-state index contributed by atoms with van der Waals surface area (Å²) >= 11 is 0. The van der Waals surface area contributed by atoms with Crippen molar-refractivity contribution in [3.05, 3.63) is 101 Å². The highest BCUT2D eigenvalue weighted by atomic mass is 16.3. The van der Waals surface area contributed by atoms with Crippen LogP contribution in [-0.4, -0.2) is 10.9 Å². The summed E-state index contributed by atoms with van der Waals surface area (Å²) in [6, 6.07) is 23.6. The predicted octanol–water partition coefficient (Wildman–Crippen LogP) is 5.63. The number of aromatic nitrogens is 1. The molecule has 0 saturated heterocycles. The summed E-state index contributed by atoms with van der Waals surface area (Å²) in [6.07, 6.45) is 4.91. The Kier molecular flexibility index (Phi) is 5.52. The largest absolute Gasteiger partial charge is 0.440 e. The van der Waals surface area contributed by atoms with E-state index in [1.54, 1.807) is 6.08 Å². The quantitative estimate of drug-likeness (QED) is 0.440. The second-order valence-electron chi connectivity index (χ2n) is 6.87. The third kappa shape index (κ3) is 4.79. The molecule has 0 aliphatic carbocycles. The molecule has 0 fully saturated rings. The standard InChI is InChI=1S/C25H22N2O2/c1-2-18-10-14-23-22(16-18)27-25(29-23)17-20-8-12-21(13-9-20)26-24(28)15-11-19-6-4-3-5-7-19/h3-16H,2,17H2,1H3,(H,26,28)/b15-11+. The van der Waals surface area contributed by atoms with Crippen LogP contribution in [0.2, 0.25) is 0 Å². The number of rotatable bonds is 6. The first-order valence-corrected chi connectivity index (χ1v) is 9.71. The lowest BCUT2D eigenvalue weighted by atomic mass is 10.1. The molecule has 4 heteroatoms. The molecule has 0 spiro atoms. The molecule has 0 radical (unpaired) electrons. The topological polar surface area (TPSA) is 55.1 Å². The van der Waals surface area contributed by atoms with Crippen molar-refractivity contribution in [2.45, 2.75) is 19.8 Å². The Balaban J connectivity index is 1.39. The van der Waals surface area contributed by atoms with Gasteiger partial charge >= 0.3 is 0 Å². The monoisotopic (exact) mass is 382 g/mol. The molecule has 144 valence electrons. The van der Waals surface area contributed by atoms with Crippen molar-refractivity contribution in [1.82, 2.24) is 4.98 Å². The molecule has 4 rings (SSSR count). The molecule has 3 aromatic carbocycles. The van der Waals surface area contributed by atoms with Gasteiger partial charge in [0.25, 0.3) is 0 Å². The number of hydrogen-bond acceptors (Lipinski definition) is 3. The summed E-state index contributed by atoms with van der Waals surface area (Å²) < 4.78 is 5.85. The molecule has 1 amide bonds. The molecular weight excluding hydrogens is 360 g/mol. The van der Waals surface area contributed by atoms with Crippen LogP contribution in [0.15, 0.2) is 83.3 Å². The van der Waals surface area contributed by atoms with Crippen molar-refractivity contribution in [3.8, 4) is 0 Å². The SMILES string of the molecule is CCc1ccc2oc(Cc3ccc(NC(=O)/C=C/c4ccccc4)cc3)nc2c1. The van der Waals surface area contributed by atoms with Gasteiger partial charge in [-0.2, -0.15) is 0 Å². The number of hydrogen-bond donors (Lipinski definition) is 1. The van der Waals surface area contributed by atoms with Gasteiger partial charge in [-0.25, -0.2) is 4.98 Å². The number of aryl methyl sites for hydroxylation is 1. The number of amides is 1. The Morgan fingerprint density at radius 2 is 1.76 bits per heavy atom. The van der Waals surface area contributed by atoms with E-state index in [-0.39, 0.29) is 5.91 Å². The third-order valence-corrected chi connectivity index (χ3v) is 4.71. The van der Waals surface area contributed by atoms with Crippen molar-refractivity contribution in [2.24, 2.45) is 0 Å². The Labute approximate surface area is 169 Å². The van der Waals surface area contributed by atoms with Gasteiger partial charge in [-0.15, -0.1) is 0 Å². The summed E-state index contributed by atoms with van der Waals surface area (Å²) in [4.78, 5) is 16.7. The summed E-state index contributed by atoms with van der Waals surface area (Å²) in [5, 5.41) is 2.87. The molecule has 1 aromatic heterocycles. The van der Waals surface area contributed by atoms with Crippen LogP contribution in [0.3, 0.4) is 0 Å². The molecule has 0 saturated carbocycles. The first-order chi connectivity index (χ1) is 14.2. The van der Waals surface area contributed by atoms with Crippen LogP contribution < -0.4 is 5.32 Å². The van der Waals surface area contributed by atoms with E-state index >= 15 is 0 Å². The Morgan fingerprint density at radius 1 is 1.00 bits per heavy atom. The van der Waals surface area contributed by atoms with E-state index in [1.807, 2.05) is 60.7 Å². The number of oxazole rings is 1. The maximum absolute atomic E-state index is 12.1. The minimum atomic E-state index is -0.160. The molecule has 0 atom stereocenters. The zero-order valence-electron chi connectivity index (χ0n) is 16.3. The fraction of sp³-hybridized carbons (Fsp3) is 0.120. The van der Waals surface area contributed by atoms with E-state index < -0.39 is 0 Å². The molecule has 1 N–H and O–H groups in total. The highest BCUT2D eigenvalue weighted by molar-refractivity contribution is 6.01. The number of carbonyl (C=O) groups is 1. The zero-order valence-corrected chi connectivity index (χ0v) is 16.3. The number of nitrogens with zero attached hydrogens (tertiary/aromatic N) is 1. The smallest absolute Gasteiger partial charge is 0.248 e. The lowest BCUT2D eigenvalue weighted by Gasteiger charge is -2.03. The summed E-state index contributed by atoms with van der Waals surface area (Å²) in [7, 11) is 0. The van der Waals surface area contributed by atoms with Crippen LogP contribution >= 0.6 is 0 Å². The van der Waals surface area contributed by atoms with E-state index in [1.165, 1.54) is 11.6 Å².